The summed E-state index contributed by atoms with van der Waals surface area (Å²) in [5, 5.41) is 14.0. The number of aryl methyl sites for hydroxylation is 2. The highest BCUT2D eigenvalue weighted by Crippen LogP contribution is 2.22. The molecule has 0 aliphatic rings. The lowest BCUT2D eigenvalue weighted by Gasteiger charge is -2.12. The van der Waals surface area contributed by atoms with Crippen LogP contribution in [0.1, 0.15) is 31.0 Å². The van der Waals surface area contributed by atoms with E-state index in [0.717, 1.165) is 36.2 Å². The number of amides is 2. The van der Waals surface area contributed by atoms with Crippen LogP contribution in [0.3, 0.4) is 0 Å². The number of unbranched alkanes of at least 4 members (excludes halogenated alkanes) is 1. The third-order valence-corrected chi connectivity index (χ3v) is 4.52. The number of rotatable bonds is 9. The van der Waals surface area contributed by atoms with Crippen molar-refractivity contribution in [2.75, 3.05) is 24.5 Å². The Morgan fingerprint density at radius 3 is 2.67 bits per heavy atom. The summed E-state index contributed by atoms with van der Waals surface area (Å²) in [6.07, 6.45) is 5.08. The summed E-state index contributed by atoms with van der Waals surface area (Å²) in [4.78, 5) is 12.4. The van der Waals surface area contributed by atoms with Crippen LogP contribution in [0.25, 0.3) is 5.69 Å². The first-order valence-corrected chi connectivity index (χ1v) is 9.91. The van der Waals surface area contributed by atoms with E-state index in [0.29, 0.717) is 17.1 Å². The van der Waals surface area contributed by atoms with Crippen molar-refractivity contribution < 1.29 is 14.3 Å². The molecule has 0 aliphatic heterocycles. The Morgan fingerprint density at radius 1 is 1.13 bits per heavy atom. The Balaban J connectivity index is 1.60. The van der Waals surface area contributed by atoms with Crippen molar-refractivity contribution in [1.29, 1.82) is 0 Å². The van der Waals surface area contributed by atoms with Crippen LogP contribution in [-0.4, -0.2) is 34.9 Å². The number of urea groups is 1. The summed E-state index contributed by atoms with van der Waals surface area (Å²) in [5.74, 6) is 0.619. The second-order valence-corrected chi connectivity index (χ2v) is 6.91. The minimum Gasteiger partial charge on any atom is -0.467 e. The summed E-state index contributed by atoms with van der Waals surface area (Å²) >= 11 is 0. The molecular weight excluding hydrogens is 382 g/mol. The molecule has 2 N–H and O–H groups in total. The average molecular weight is 409 g/mol. The molecule has 0 fully saturated rings. The normalized spacial score (nSPS) is 10.6. The minimum absolute atomic E-state index is 0.146. The molecule has 1 aromatic heterocycles. The first-order chi connectivity index (χ1) is 14.6. The average Bonchev–Trinajstić information content (AvgIpc) is 3.22. The molecule has 2 aromatic carbocycles. The molecule has 0 saturated carbocycles. The topological polar surface area (TPSA) is 90.3 Å². The smallest absolute Gasteiger partial charge is 0.323 e. The van der Waals surface area contributed by atoms with Crippen molar-refractivity contribution in [2.45, 2.75) is 33.1 Å². The lowest BCUT2D eigenvalue weighted by atomic mass is 10.2. The number of nitrogens with one attached hydrogen (secondary N) is 2. The Kier molecular flexibility index (Phi) is 7.40. The second kappa shape index (κ2) is 10.4. The zero-order valence-electron chi connectivity index (χ0n) is 17.5. The summed E-state index contributed by atoms with van der Waals surface area (Å²) in [6.45, 7) is 4.21. The molecule has 0 spiro atoms. The maximum atomic E-state index is 12.4. The number of aromatic nitrogens is 3. The predicted octanol–water partition coefficient (Wildman–Crippen LogP) is 4.55. The molecule has 0 aliphatic carbocycles. The van der Waals surface area contributed by atoms with Crippen LogP contribution in [0.4, 0.5) is 16.2 Å². The van der Waals surface area contributed by atoms with Crippen molar-refractivity contribution in [3.8, 4) is 11.4 Å². The van der Waals surface area contributed by atoms with Gasteiger partial charge in [0.25, 0.3) is 0 Å². The van der Waals surface area contributed by atoms with Crippen molar-refractivity contribution in [1.82, 2.24) is 15.0 Å². The Hall–Kier alpha value is -3.39. The van der Waals surface area contributed by atoms with Crippen LogP contribution in [0.5, 0.6) is 5.75 Å². The second-order valence-electron chi connectivity index (χ2n) is 6.91. The number of carbonyl (C=O) groups is 1. The third kappa shape index (κ3) is 5.81. The van der Waals surface area contributed by atoms with E-state index in [4.69, 9.17) is 9.47 Å². The molecule has 0 unspecified atom stereocenters. The van der Waals surface area contributed by atoms with Crippen LogP contribution >= 0.6 is 0 Å². The lowest BCUT2D eigenvalue weighted by molar-refractivity contribution is 0.0511. The summed E-state index contributed by atoms with van der Waals surface area (Å²) in [5.41, 5.74) is 4.13. The van der Waals surface area contributed by atoms with E-state index in [1.165, 1.54) is 0 Å². The van der Waals surface area contributed by atoms with Crippen LogP contribution in [-0.2, 0) is 11.2 Å². The SMILES string of the molecule is CCCCc1cn(-c2ccc(NC(=O)Nc3cc(OCOC)ccc3C)cc2)nn1. The van der Waals surface area contributed by atoms with Crippen LogP contribution in [0, 0.1) is 6.92 Å². The van der Waals surface area contributed by atoms with Gasteiger partial charge in [0.2, 0.25) is 0 Å². The minimum atomic E-state index is -0.336. The van der Waals surface area contributed by atoms with Gasteiger partial charge in [0.15, 0.2) is 6.79 Å². The predicted molar refractivity (Wildman–Crippen MR) is 116 cm³/mol. The van der Waals surface area contributed by atoms with Crippen molar-refractivity contribution in [3.05, 3.63) is 59.9 Å². The van der Waals surface area contributed by atoms with Gasteiger partial charge in [-0.25, -0.2) is 9.48 Å². The molecule has 0 bridgehead atoms. The number of carbonyl (C=O) groups excluding carboxylic acids is 1. The molecule has 0 radical (unpaired) electrons. The van der Waals surface area contributed by atoms with Crippen molar-refractivity contribution in [2.24, 2.45) is 0 Å². The molecule has 0 atom stereocenters. The van der Waals surface area contributed by atoms with E-state index in [9.17, 15) is 4.79 Å². The van der Waals surface area contributed by atoms with E-state index >= 15 is 0 Å². The van der Waals surface area contributed by atoms with Gasteiger partial charge < -0.3 is 20.1 Å². The van der Waals surface area contributed by atoms with Gasteiger partial charge in [0.1, 0.15) is 5.75 Å². The van der Waals surface area contributed by atoms with Gasteiger partial charge >= 0.3 is 6.03 Å². The molecule has 8 heteroatoms. The molecule has 158 valence electrons. The van der Waals surface area contributed by atoms with Gasteiger partial charge in [0, 0.05) is 24.6 Å². The number of hydrogen-bond acceptors (Lipinski definition) is 5. The zero-order valence-corrected chi connectivity index (χ0v) is 17.5. The molecule has 0 saturated heterocycles. The fourth-order valence-corrected chi connectivity index (χ4v) is 2.83. The van der Waals surface area contributed by atoms with Gasteiger partial charge in [-0.2, -0.15) is 0 Å². The lowest BCUT2D eigenvalue weighted by Crippen LogP contribution is -2.20. The molecule has 3 rings (SSSR count). The number of methoxy groups -OCH3 is 1. The monoisotopic (exact) mass is 409 g/mol. The number of benzene rings is 2. The fourth-order valence-electron chi connectivity index (χ4n) is 2.83. The highest BCUT2D eigenvalue weighted by atomic mass is 16.7. The first-order valence-electron chi connectivity index (χ1n) is 9.91. The van der Waals surface area contributed by atoms with E-state index in [2.05, 4.69) is 27.9 Å². The van der Waals surface area contributed by atoms with Crippen LogP contribution in [0.15, 0.2) is 48.7 Å². The van der Waals surface area contributed by atoms with Crippen molar-refractivity contribution in [3.63, 3.8) is 0 Å². The number of anilines is 2. The zero-order chi connectivity index (χ0) is 21.3. The van der Waals surface area contributed by atoms with Crippen LogP contribution < -0.4 is 15.4 Å². The maximum Gasteiger partial charge on any atom is 0.323 e. The maximum absolute atomic E-state index is 12.4. The number of ether oxygens (including phenoxy) is 2. The van der Waals surface area contributed by atoms with Crippen molar-refractivity contribution >= 4 is 17.4 Å². The number of nitrogens with zero attached hydrogens (tertiary/aromatic N) is 3. The molecule has 30 heavy (non-hydrogen) atoms. The quantitative estimate of drug-likeness (QED) is 0.506. The number of hydrogen-bond donors (Lipinski definition) is 2. The largest absolute Gasteiger partial charge is 0.467 e. The summed E-state index contributed by atoms with van der Waals surface area (Å²) in [6, 6.07) is 12.6. The van der Waals surface area contributed by atoms with Gasteiger partial charge in [-0.1, -0.05) is 24.6 Å². The Labute approximate surface area is 176 Å². The molecule has 2 amide bonds. The highest BCUT2D eigenvalue weighted by Gasteiger charge is 2.08. The van der Waals surface area contributed by atoms with Gasteiger partial charge in [-0.15, -0.1) is 5.10 Å². The van der Waals surface area contributed by atoms with E-state index in [1.54, 1.807) is 17.9 Å². The molecule has 8 nitrogen and oxygen atoms in total. The summed E-state index contributed by atoms with van der Waals surface area (Å²) < 4.78 is 12.1. The Bertz CT molecular complexity index is 969. The highest BCUT2D eigenvalue weighted by molar-refractivity contribution is 6.00. The molecular formula is C22H27N5O3. The van der Waals surface area contributed by atoms with E-state index < -0.39 is 0 Å². The summed E-state index contributed by atoms with van der Waals surface area (Å²) in [7, 11) is 1.56. The fraction of sp³-hybridized carbons (Fsp3) is 0.318. The standard InChI is InChI=1S/C22H27N5O3/c1-4-5-6-18-14-27(26-25-18)19-10-8-17(9-11-19)23-22(28)24-21-13-20(30-15-29-3)12-7-16(21)2/h7-14H,4-6,15H2,1-3H3,(H2,23,24,28). The third-order valence-electron chi connectivity index (χ3n) is 4.52. The van der Waals surface area contributed by atoms with E-state index in [1.807, 2.05) is 49.5 Å². The van der Waals surface area contributed by atoms with E-state index in [-0.39, 0.29) is 12.8 Å². The van der Waals surface area contributed by atoms with Gasteiger partial charge in [-0.05, 0) is 55.7 Å². The van der Waals surface area contributed by atoms with Crippen LogP contribution in [0.2, 0.25) is 0 Å². The van der Waals surface area contributed by atoms with Gasteiger partial charge in [-0.3, -0.25) is 0 Å². The molecule has 3 aromatic rings. The first kappa shape index (κ1) is 21.3. The van der Waals surface area contributed by atoms with Gasteiger partial charge in [0.05, 0.1) is 17.6 Å². The molecule has 1 heterocycles. The Morgan fingerprint density at radius 2 is 1.93 bits per heavy atom.